The van der Waals surface area contributed by atoms with Gasteiger partial charge in [0.15, 0.2) is 0 Å². The number of para-hydroxylation sites is 1. The van der Waals surface area contributed by atoms with Crippen molar-refractivity contribution in [3.63, 3.8) is 0 Å². The molecule has 0 bridgehead atoms. The molecule has 0 radical (unpaired) electrons. The van der Waals surface area contributed by atoms with Crippen LogP contribution in [0.4, 0.5) is 10.1 Å². The van der Waals surface area contributed by atoms with Crippen molar-refractivity contribution in [2.75, 3.05) is 57.3 Å². The van der Waals surface area contributed by atoms with E-state index in [9.17, 15) is 14.0 Å². The molecule has 4 rings (SSSR count). The number of rotatable bonds is 3. The highest BCUT2D eigenvalue weighted by Gasteiger charge is 2.35. The van der Waals surface area contributed by atoms with Gasteiger partial charge in [0.2, 0.25) is 11.8 Å². The van der Waals surface area contributed by atoms with E-state index < -0.39 is 0 Å². The summed E-state index contributed by atoms with van der Waals surface area (Å²) in [6.07, 6.45) is 3.87. The molecule has 3 heterocycles. The van der Waals surface area contributed by atoms with E-state index in [4.69, 9.17) is 0 Å². The Morgan fingerprint density at radius 2 is 1.42 bits per heavy atom. The quantitative estimate of drug-likeness (QED) is 0.698. The van der Waals surface area contributed by atoms with Crippen LogP contribution in [0.1, 0.15) is 46.5 Å². The molecule has 0 atom stereocenters. The van der Waals surface area contributed by atoms with Crippen LogP contribution in [0.15, 0.2) is 24.3 Å². The summed E-state index contributed by atoms with van der Waals surface area (Å²) >= 11 is 0. The molecule has 0 spiro atoms. The molecule has 0 unspecified atom stereocenters. The molecule has 1 aromatic carbocycles. The molecule has 2 amide bonds. The molecule has 33 heavy (non-hydrogen) atoms. The lowest BCUT2D eigenvalue weighted by molar-refractivity contribution is -0.142. The summed E-state index contributed by atoms with van der Waals surface area (Å²) in [6.45, 7) is 12.2. The molecule has 3 aliphatic heterocycles. The fourth-order valence-electron chi connectivity index (χ4n) is 5.55. The van der Waals surface area contributed by atoms with Gasteiger partial charge in [-0.2, -0.15) is 0 Å². The van der Waals surface area contributed by atoms with E-state index in [2.05, 4.69) is 4.90 Å². The predicted molar refractivity (Wildman–Crippen MR) is 129 cm³/mol. The second-order valence-electron chi connectivity index (χ2n) is 10.8. The van der Waals surface area contributed by atoms with Crippen LogP contribution in [0.5, 0.6) is 0 Å². The van der Waals surface area contributed by atoms with Gasteiger partial charge in [-0.15, -0.1) is 0 Å². The second kappa shape index (κ2) is 10.00. The Balaban J connectivity index is 1.21. The lowest BCUT2D eigenvalue weighted by atomic mass is 9.90. The summed E-state index contributed by atoms with van der Waals surface area (Å²) in [5.74, 6) is 0.427. The van der Waals surface area contributed by atoms with Gasteiger partial charge in [0.25, 0.3) is 0 Å². The molecular weight excluding hydrogens is 419 g/mol. The van der Waals surface area contributed by atoms with Crippen molar-refractivity contribution < 1.29 is 14.0 Å². The predicted octanol–water partition coefficient (Wildman–Crippen LogP) is 3.22. The summed E-state index contributed by atoms with van der Waals surface area (Å²) < 4.78 is 14.1. The van der Waals surface area contributed by atoms with E-state index in [1.807, 2.05) is 47.6 Å². The summed E-state index contributed by atoms with van der Waals surface area (Å²) in [5.41, 5.74) is 0.319. The maximum absolute atomic E-state index is 14.1. The van der Waals surface area contributed by atoms with Crippen molar-refractivity contribution in [3.05, 3.63) is 30.1 Å². The van der Waals surface area contributed by atoms with Gasteiger partial charge in [-0.3, -0.25) is 9.59 Å². The van der Waals surface area contributed by atoms with Gasteiger partial charge >= 0.3 is 0 Å². The van der Waals surface area contributed by atoms with Crippen LogP contribution in [-0.4, -0.2) is 84.9 Å². The van der Waals surface area contributed by atoms with E-state index in [0.717, 1.165) is 51.9 Å². The van der Waals surface area contributed by atoms with Crippen molar-refractivity contribution in [2.45, 2.75) is 52.5 Å². The van der Waals surface area contributed by atoms with Crippen LogP contribution in [0.25, 0.3) is 0 Å². The van der Waals surface area contributed by atoms with Gasteiger partial charge in [-0.05, 0) is 50.9 Å². The van der Waals surface area contributed by atoms with E-state index >= 15 is 0 Å². The number of piperidine rings is 2. The van der Waals surface area contributed by atoms with E-state index in [1.54, 1.807) is 6.07 Å². The van der Waals surface area contributed by atoms with Gasteiger partial charge in [0, 0.05) is 56.6 Å². The number of benzene rings is 1. The minimum Gasteiger partial charge on any atom is -0.366 e. The number of hydrogen-bond acceptors (Lipinski definition) is 4. The van der Waals surface area contributed by atoms with Gasteiger partial charge < -0.3 is 19.6 Å². The lowest BCUT2D eigenvalue weighted by Crippen LogP contribution is -2.53. The zero-order valence-electron chi connectivity index (χ0n) is 20.4. The summed E-state index contributed by atoms with van der Waals surface area (Å²) in [7, 11) is 0. The highest BCUT2D eigenvalue weighted by molar-refractivity contribution is 5.81. The van der Waals surface area contributed by atoms with Crippen molar-refractivity contribution in [3.8, 4) is 0 Å². The van der Waals surface area contributed by atoms with Crippen molar-refractivity contribution >= 4 is 17.5 Å². The minimum atomic E-state index is -0.313. The van der Waals surface area contributed by atoms with Crippen LogP contribution in [0, 0.1) is 17.2 Å². The number of nitrogens with zero attached hydrogens (tertiary/aromatic N) is 4. The number of carbonyl (C=O) groups excluding carboxylic acids is 2. The molecule has 0 aromatic heterocycles. The Morgan fingerprint density at radius 3 is 2.00 bits per heavy atom. The first-order chi connectivity index (χ1) is 15.7. The molecule has 6 nitrogen and oxygen atoms in total. The van der Waals surface area contributed by atoms with Crippen LogP contribution in [-0.2, 0) is 9.59 Å². The zero-order chi connectivity index (χ0) is 23.6. The number of amides is 2. The minimum absolute atomic E-state index is 0.101. The monoisotopic (exact) mass is 458 g/mol. The third-order valence-corrected chi connectivity index (χ3v) is 7.57. The fraction of sp³-hybridized carbons (Fsp3) is 0.692. The van der Waals surface area contributed by atoms with Crippen LogP contribution < -0.4 is 4.90 Å². The Hall–Kier alpha value is -2.15. The number of halogens is 1. The summed E-state index contributed by atoms with van der Waals surface area (Å²) in [5, 5.41) is 0. The summed E-state index contributed by atoms with van der Waals surface area (Å²) in [6, 6.07) is 7.39. The van der Waals surface area contributed by atoms with E-state index in [-0.39, 0.29) is 29.0 Å². The molecule has 7 heteroatoms. The fourth-order valence-corrected chi connectivity index (χ4v) is 5.55. The number of hydrogen-bond donors (Lipinski definition) is 0. The maximum Gasteiger partial charge on any atom is 0.227 e. The number of anilines is 1. The first-order valence-corrected chi connectivity index (χ1v) is 12.6. The molecule has 3 saturated heterocycles. The second-order valence-corrected chi connectivity index (χ2v) is 10.8. The largest absolute Gasteiger partial charge is 0.366 e. The highest BCUT2D eigenvalue weighted by Crippen LogP contribution is 2.28. The molecule has 1 aromatic rings. The van der Waals surface area contributed by atoms with Crippen LogP contribution in [0.2, 0.25) is 0 Å². The van der Waals surface area contributed by atoms with Crippen molar-refractivity contribution in [2.24, 2.45) is 11.3 Å². The third-order valence-electron chi connectivity index (χ3n) is 7.57. The van der Waals surface area contributed by atoms with E-state index in [0.29, 0.717) is 37.9 Å². The van der Waals surface area contributed by atoms with Gasteiger partial charge in [0.05, 0.1) is 5.69 Å². The number of likely N-dealkylation sites (tertiary alicyclic amines) is 2. The Bertz CT molecular complexity index is 831. The SMILES string of the molecule is CC(C)(C)C(=O)N1CCC(N2CCC(C(=O)N3CCN(c4ccccc4F)CC3)CC2)CC1. The smallest absolute Gasteiger partial charge is 0.227 e. The number of carbonyl (C=O) groups is 2. The maximum atomic E-state index is 14.1. The average Bonchev–Trinajstić information content (AvgIpc) is 2.83. The van der Waals surface area contributed by atoms with Crippen LogP contribution >= 0.6 is 0 Å². The Kier molecular flexibility index (Phi) is 7.27. The normalized spacial score (nSPS) is 22.0. The molecule has 3 fully saturated rings. The molecule has 3 aliphatic rings. The Morgan fingerprint density at radius 1 is 0.818 bits per heavy atom. The van der Waals surface area contributed by atoms with Gasteiger partial charge in [0.1, 0.15) is 5.82 Å². The summed E-state index contributed by atoms with van der Waals surface area (Å²) in [4.78, 5) is 34.2. The van der Waals surface area contributed by atoms with Crippen LogP contribution in [0.3, 0.4) is 0 Å². The van der Waals surface area contributed by atoms with Crippen molar-refractivity contribution in [1.82, 2.24) is 14.7 Å². The first kappa shape index (κ1) is 24.0. The third kappa shape index (κ3) is 5.51. The topological polar surface area (TPSA) is 47.1 Å². The first-order valence-electron chi connectivity index (χ1n) is 12.6. The molecule has 182 valence electrons. The average molecular weight is 459 g/mol. The molecule has 0 aliphatic carbocycles. The lowest BCUT2D eigenvalue weighted by Gasteiger charge is -2.43. The van der Waals surface area contributed by atoms with E-state index in [1.165, 1.54) is 6.07 Å². The zero-order valence-corrected chi connectivity index (χ0v) is 20.4. The van der Waals surface area contributed by atoms with Crippen molar-refractivity contribution in [1.29, 1.82) is 0 Å². The molecule has 0 N–H and O–H groups in total. The molecule has 0 saturated carbocycles. The highest BCUT2D eigenvalue weighted by atomic mass is 19.1. The standard InChI is InChI=1S/C26H39FN4O2/c1-26(2,3)25(33)31-14-10-21(11-15-31)28-12-8-20(9-13-28)24(32)30-18-16-29(17-19-30)23-7-5-4-6-22(23)27/h4-7,20-21H,8-19H2,1-3H3. The molecular formula is C26H39FN4O2. The number of piperazine rings is 1. The van der Waals surface area contributed by atoms with Gasteiger partial charge in [-0.25, -0.2) is 4.39 Å². The Labute approximate surface area is 197 Å². The van der Waals surface area contributed by atoms with Gasteiger partial charge in [-0.1, -0.05) is 32.9 Å².